The third kappa shape index (κ3) is 3.31. The minimum Gasteiger partial charge on any atom is -0.295 e. The summed E-state index contributed by atoms with van der Waals surface area (Å²) in [5.74, 6) is 0.527. The summed E-state index contributed by atoms with van der Waals surface area (Å²) in [6.07, 6.45) is 1.43. The maximum Gasteiger partial charge on any atom is 0.282 e. The molecule has 0 spiro atoms. The standard InChI is InChI=1S/C22H21N5O2/c1-14(2)20-24-19-12-8-7-11-17(19)21(28)27(20)23-13-18-15(3)25-26(22(18)29)16-9-5-4-6-10-16/h4-14,25H,1-3H3. The number of benzene rings is 2. The topological polar surface area (TPSA) is 85.0 Å². The highest BCUT2D eigenvalue weighted by Crippen LogP contribution is 2.15. The Bertz CT molecular complexity index is 1330. The molecule has 0 aliphatic rings. The summed E-state index contributed by atoms with van der Waals surface area (Å²) in [6.45, 7) is 5.70. The molecule has 0 saturated heterocycles. The van der Waals surface area contributed by atoms with E-state index in [1.807, 2.05) is 56.3 Å². The van der Waals surface area contributed by atoms with E-state index in [9.17, 15) is 9.59 Å². The number of para-hydroxylation sites is 2. The predicted molar refractivity (Wildman–Crippen MR) is 114 cm³/mol. The lowest BCUT2D eigenvalue weighted by Gasteiger charge is -2.11. The monoisotopic (exact) mass is 387 g/mol. The molecule has 0 fully saturated rings. The zero-order valence-electron chi connectivity index (χ0n) is 16.5. The first-order chi connectivity index (χ1) is 14.0. The molecule has 2 heterocycles. The van der Waals surface area contributed by atoms with E-state index in [0.717, 1.165) is 5.69 Å². The Morgan fingerprint density at radius 1 is 1.00 bits per heavy atom. The van der Waals surface area contributed by atoms with Gasteiger partial charge in [0.1, 0.15) is 5.82 Å². The number of H-pyrrole nitrogens is 1. The second kappa shape index (κ2) is 7.35. The van der Waals surface area contributed by atoms with Gasteiger partial charge in [-0.2, -0.15) is 9.78 Å². The summed E-state index contributed by atoms with van der Waals surface area (Å²) in [4.78, 5) is 30.5. The van der Waals surface area contributed by atoms with Crippen molar-refractivity contribution in [2.75, 3.05) is 0 Å². The quantitative estimate of drug-likeness (QED) is 0.546. The van der Waals surface area contributed by atoms with Crippen LogP contribution in [0.4, 0.5) is 0 Å². The minimum atomic E-state index is -0.257. The van der Waals surface area contributed by atoms with Crippen molar-refractivity contribution in [3.05, 3.63) is 92.4 Å². The maximum absolute atomic E-state index is 13.0. The number of fused-ring (bicyclic) bond motifs is 1. The second-order valence-electron chi connectivity index (χ2n) is 7.13. The first-order valence-electron chi connectivity index (χ1n) is 9.40. The van der Waals surface area contributed by atoms with Crippen molar-refractivity contribution in [3.8, 4) is 5.69 Å². The number of aromatic amines is 1. The van der Waals surface area contributed by atoms with Gasteiger partial charge in [0.2, 0.25) is 0 Å². The Balaban J connectivity index is 1.85. The van der Waals surface area contributed by atoms with Crippen LogP contribution in [0.2, 0.25) is 0 Å². The van der Waals surface area contributed by atoms with Crippen LogP contribution in [0.5, 0.6) is 0 Å². The van der Waals surface area contributed by atoms with Crippen LogP contribution in [-0.4, -0.2) is 25.7 Å². The molecule has 2 aromatic carbocycles. The van der Waals surface area contributed by atoms with E-state index in [2.05, 4.69) is 15.2 Å². The molecule has 2 aromatic heterocycles. The van der Waals surface area contributed by atoms with Crippen LogP contribution < -0.4 is 11.1 Å². The van der Waals surface area contributed by atoms with Crippen molar-refractivity contribution >= 4 is 17.1 Å². The molecule has 0 atom stereocenters. The maximum atomic E-state index is 13.0. The van der Waals surface area contributed by atoms with Gasteiger partial charge in [-0.15, -0.1) is 0 Å². The van der Waals surface area contributed by atoms with Gasteiger partial charge in [-0.3, -0.25) is 14.7 Å². The number of hydrogen-bond donors (Lipinski definition) is 1. The highest BCUT2D eigenvalue weighted by atomic mass is 16.1. The molecule has 7 nitrogen and oxygen atoms in total. The number of rotatable bonds is 4. The SMILES string of the molecule is Cc1[nH]n(-c2ccccc2)c(=O)c1C=Nn1c(C(C)C)nc2ccccc2c1=O. The van der Waals surface area contributed by atoms with Crippen LogP contribution in [0.3, 0.4) is 0 Å². The fraction of sp³-hybridized carbons (Fsp3) is 0.182. The smallest absolute Gasteiger partial charge is 0.282 e. The first-order valence-corrected chi connectivity index (χ1v) is 9.40. The van der Waals surface area contributed by atoms with E-state index in [0.29, 0.717) is 28.0 Å². The lowest BCUT2D eigenvalue weighted by atomic mass is 10.2. The number of aromatic nitrogens is 4. The Labute approximate surface area is 166 Å². The molecule has 0 saturated carbocycles. The van der Waals surface area contributed by atoms with Crippen molar-refractivity contribution < 1.29 is 0 Å². The molecule has 0 bridgehead atoms. The van der Waals surface area contributed by atoms with Gasteiger partial charge >= 0.3 is 0 Å². The van der Waals surface area contributed by atoms with Gasteiger partial charge in [0.15, 0.2) is 0 Å². The predicted octanol–water partition coefficient (Wildman–Crippen LogP) is 3.19. The molecule has 1 N–H and O–H groups in total. The van der Waals surface area contributed by atoms with E-state index in [-0.39, 0.29) is 17.0 Å². The molecule has 0 unspecified atom stereocenters. The van der Waals surface area contributed by atoms with Crippen molar-refractivity contribution in [3.63, 3.8) is 0 Å². The Hall–Kier alpha value is -3.74. The second-order valence-corrected chi connectivity index (χ2v) is 7.13. The van der Waals surface area contributed by atoms with Crippen molar-refractivity contribution in [1.29, 1.82) is 0 Å². The van der Waals surface area contributed by atoms with Crippen molar-refractivity contribution in [1.82, 2.24) is 19.4 Å². The van der Waals surface area contributed by atoms with E-state index in [1.54, 1.807) is 19.1 Å². The molecule has 0 aliphatic heterocycles. The van der Waals surface area contributed by atoms with Gasteiger partial charge in [0.25, 0.3) is 11.1 Å². The average Bonchev–Trinajstić information content (AvgIpc) is 3.01. The Morgan fingerprint density at radius 2 is 1.69 bits per heavy atom. The molecule has 0 radical (unpaired) electrons. The van der Waals surface area contributed by atoms with Crippen LogP contribution in [-0.2, 0) is 0 Å². The van der Waals surface area contributed by atoms with Gasteiger partial charge in [-0.25, -0.2) is 9.67 Å². The number of nitrogens with zero attached hydrogens (tertiary/aromatic N) is 4. The van der Waals surface area contributed by atoms with Crippen LogP contribution in [0.1, 0.15) is 36.8 Å². The first kappa shape index (κ1) is 18.6. The summed E-state index contributed by atoms with van der Waals surface area (Å²) in [6, 6.07) is 16.5. The fourth-order valence-electron chi connectivity index (χ4n) is 3.21. The largest absolute Gasteiger partial charge is 0.295 e. The minimum absolute atomic E-state index is 0.0160. The number of nitrogens with one attached hydrogen (secondary N) is 1. The van der Waals surface area contributed by atoms with Crippen molar-refractivity contribution in [2.24, 2.45) is 5.10 Å². The summed E-state index contributed by atoms with van der Waals surface area (Å²) < 4.78 is 2.74. The van der Waals surface area contributed by atoms with Gasteiger partial charge in [0, 0.05) is 11.6 Å². The summed E-state index contributed by atoms with van der Waals surface area (Å²) in [7, 11) is 0. The zero-order valence-corrected chi connectivity index (χ0v) is 16.5. The molecule has 146 valence electrons. The summed E-state index contributed by atoms with van der Waals surface area (Å²) in [5.41, 5.74) is 1.93. The van der Waals surface area contributed by atoms with E-state index < -0.39 is 0 Å². The molecule has 0 aliphatic carbocycles. The molecule has 7 heteroatoms. The van der Waals surface area contributed by atoms with Gasteiger partial charge in [-0.05, 0) is 31.2 Å². The molecular weight excluding hydrogens is 366 g/mol. The van der Waals surface area contributed by atoms with Crippen LogP contribution in [0.25, 0.3) is 16.6 Å². The highest BCUT2D eigenvalue weighted by Gasteiger charge is 2.14. The molecular formula is C22H21N5O2. The van der Waals surface area contributed by atoms with Gasteiger partial charge in [0.05, 0.1) is 28.4 Å². The third-order valence-electron chi connectivity index (χ3n) is 4.73. The van der Waals surface area contributed by atoms with Crippen LogP contribution >= 0.6 is 0 Å². The lowest BCUT2D eigenvalue weighted by molar-refractivity contribution is 0.665. The van der Waals surface area contributed by atoms with E-state index >= 15 is 0 Å². The van der Waals surface area contributed by atoms with Gasteiger partial charge < -0.3 is 0 Å². The molecule has 4 rings (SSSR count). The lowest BCUT2D eigenvalue weighted by Crippen LogP contribution is -2.24. The highest BCUT2D eigenvalue weighted by molar-refractivity contribution is 5.81. The normalized spacial score (nSPS) is 11.7. The Kier molecular flexibility index (Phi) is 4.72. The molecule has 0 amide bonds. The third-order valence-corrected chi connectivity index (χ3v) is 4.73. The van der Waals surface area contributed by atoms with E-state index in [4.69, 9.17) is 0 Å². The summed E-state index contributed by atoms with van der Waals surface area (Å²) >= 11 is 0. The number of aryl methyl sites for hydroxylation is 1. The molecule has 29 heavy (non-hydrogen) atoms. The zero-order chi connectivity index (χ0) is 20.5. The van der Waals surface area contributed by atoms with Crippen LogP contribution in [0, 0.1) is 6.92 Å². The van der Waals surface area contributed by atoms with Crippen molar-refractivity contribution in [2.45, 2.75) is 26.7 Å². The summed E-state index contributed by atoms with van der Waals surface area (Å²) in [5, 5.41) is 7.90. The fourth-order valence-corrected chi connectivity index (χ4v) is 3.21. The number of hydrogen-bond acceptors (Lipinski definition) is 4. The van der Waals surface area contributed by atoms with Gasteiger partial charge in [-0.1, -0.05) is 44.2 Å². The Morgan fingerprint density at radius 3 is 2.41 bits per heavy atom. The van der Waals surface area contributed by atoms with Crippen LogP contribution in [0.15, 0.2) is 69.3 Å². The molecule has 4 aromatic rings. The van der Waals surface area contributed by atoms with E-state index in [1.165, 1.54) is 15.6 Å². The average molecular weight is 387 g/mol.